The minimum Gasteiger partial charge on any atom is -0.437 e. The van der Waals surface area contributed by atoms with E-state index in [0.29, 0.717) is 11.8 Å². The zero-order chi connectivity index (χ0) is 13.9. The standard InChI is InChI=1S/C14H12IN3OS/c1-2-16-14-17-12(9-7-8-20-13(9)18-14)19-11-6-4-3-5-10(11)15/h3-8H,2H2,1H3,(H,16,17,18). The van der Waals surface area contributed by atoms with Crippen LogP contribution < -0.4 is 10.1 Å². The Labute approximate surface area is 134 Å². The zero-order valence-corrected chi connectivity index (χ0v) is 13.7. The maximum Gasteiger partial charge on any atom is 0.232 e. The van der Waals surface area contributed by atoms with E-state index in [-0.39, 0.29) is 0 Å². The van der Waals surface area contributed by atoms with Crippen LogP contribution in [-0.4, -0.2) is 16.5 Å². The topological polar surface area (TPSA) is 47.0 Å². The number of thiophene rings is 1. The summed E-state index contributed by atoms with van der Waals surface area (Å²) in [5.74, 6) is 2.00. The highest BCUT2D eigenvalue weighted by molar-refractivity contribution is 14.1. The number of rotatable bonds is 4. The highest BCUT2D eigenvalue weighted by Gasteiger charge is 2.11. The van der Waals surface area contributed by atoms with Gasteiger partial charge in [0.2, 0.25) is 11.8 Å². The van der Waals surface area contributed by atoms with Crippen molar-refractivity contribution in [1.82, 2.24) is 9.97 Å². The van der Waals surface area contributed by atoms with Gasteiger partial charge in [-0.05, 0) is 53.1 Å². The summed E-state index contributed by atoms with van der Waals surface area (Å²) in [6.45, 7) is 2.79. The molecule has 0 saturated carbocycles. The Bertz CT molecular complexity index is 744. The summed E-state index contributed by atoms with van der Waals surface area (Å²) in [4.78, 5) is 9.85. The Morgan fingerprint density at radius 1 is 1.25 bits per heavy atom. The first kappa shape index (κ1) is 13.6. The quantitative estimate of drug-likeness (QED) is 0.658. The lowest BCUT2D eigenvalue weighted by atomic mass is 10.3. The summed E-state index contributed by atoms with van der Waals surface area (Å²) in [6.07, 6.45) is 0. The first-order valence-electron chi connectivity index (χ1n) is 6.19. The predicted octanol–water partition coefficient (Wildman–Crippen LogP) is 4.52. The number of hydrogen-bond donors (Lipinski definition) is 1. The fourth-order valence-corrected chi connectivity index (χ4v) is 3.03. The molecule has 0 unspecified atom stereocenters. The molecule has 0 amide bonds. The van der Waals surface area contributed by atoms with Crippen molar-refractivity contribution < 1.29 is 4.74 Å². The number of aromatic nitrogens is 2. The van der Waals surface area contributed by atoms with Crippen LogP contribution in [0.1, 0.15) is 6.92 Å². The number of nitrogens with one attached hydrogen (secondary N) is 1. The summed E-state index contributed by atoms with van der Waals surface area (Å²) in [5, 5.41) is 6.07. The lowest BCUT2D eigenvalue weighted by Gasteiger charge is -2.09. The van der Waals surface area contributed by atoms with Crippen LogP contribution in [0, 0.1) is 3.57 Å². The van der Waals surface area contributed by atoms with Gasteiger partial charge >= 0.3 is 0 Å². The highest BCUT2D eigenvalue weighted by Crippen LogP contribution is 2.33. The van der Waals surface area contributed by atoms with Crippen LogP contribution in [0.15, 0.2) is 35.7 Å². The molecule has 0 saturated heterocycles. The largest absolute Gasteiger partial charge is 0.437 e. The second kappa shape index (κ2) is 5.92. The first-order chi connectivity index (χ1) is 9.78. The fourth-order valence-electron chi connectivity index (χ4n) is 1.77. The molecular formula is C14H12IN3OS. The highest BCUT2D eigenvalue weighted by atomic mass is 127. The number of para-hydroxylation sites is 1. The van der Waals surface area contributed by atoms with Crippen molar-refractivity contribution >= 4 is 50.1 Å². The van der Waals surface area contributed by atoms with Gasteiger partial charge in [-0.25, -0.2) is 4.98 Å². The van der Waals surface area contributed by atoms with Gasteiger partial charge < -0.3 is 10.1 Å². The van der Waals surface area contributed by atoms with Crippen molar-refractivity contribution in [3.63, 3.8) is 0 Å². The van der Waals surface area contributed by atoms with Crippen LogP contribution in [0.5, 0.6) is 11.6 Å². The second-order valence-corrected chi connectivity index (χ2v) is 6.11. The van der Waals surface area contributed by atoms with Gasteiger partial charge in [0.25, 0.3) is 0 Å². The molecule has 6 heteroatoms. The molecule has 0 aliphatic carbocycles. The van der Waals surface area contributed by atoms with E-state index >= 15 is 0 Å². The predicted molar refractivity (Wildman–Crippen MR) is 90.8 cm³/mol. The zero-order valence-electron chi connectivity index (χ0n) is 10.8. The van der Waals surface area contributed by atoms with Crippen molar-refractivity contribution in [1.29, 1.82) is 0 Å². The summed E-state index contributed by atoms with van der Waals surface area (Å²) in [6, 6.07) is 9.87. The van der Waals surface area contributed by atoms with Gasteiger partial charge in [-0.2, -0.15) is 4.98 Å². The summed E-state index contributed by atoms with van der Waals surface area (Å²) >= 11 is 3.84. The number of nitrogens with zero attached hydrogens (tertiary/aromatic N) is 2. The third kappa shape index (κ3) is 2.71. The molecule has 102 valence electrons. The molecule has 3 aromatic rings. The van der Waals surface area contributed by atoms with Crippen molar-refractivity contribution in [2.75, 3.05) is 11.9 Å². The lowest BCUT2D eigenvalue weighted by molar-refractivity contribution is 0.466. The molecule has 0 spiro atoms. The average molecular weight is 397 g/mol. The maximum atomic E-state index is 5.98. The van der Waals surface area contributed by atoms with Crippen LogP contribution in [0.3, 0.4) is 0 Å². The molecular weight excluding hydrogens is 385 g/mol. The molecule has 20 heavy (non-hydrogen) atoms. The normalized spacial score (nSPS) is 10.7. The van der Waals surface area contributed by atoms with E-state index in [1.54, 1.807) is 11.3 Å². The Hall–Kier alpha value is -1.41. The van der Waals surface area contributed by atoms with Gasteiger partial charge in [-0.15, -0.1) is 11.3 Å². The monoisotopic (exact) mass is 397 g/mol. The van der Waals surface area contributed by atoms with Gasteiger partial charge in [-0.3, -0.25) is 0 Å². The van der Waals surface area contributed by atoms with E-state index in [9.17, 15) is 0 Å². The number of fused-ring (bicyclic) bond motifs is 1. The van der Waals surface area contributed by atoms with Crippen LogP contribution in [-0.2, 0) is 0 Å². The third-order valence-electron chi connectivity index (χ3n) is 2.67. The van der Waals surface area contributed by atoms with Gasteiger partial charge in [-0.1, -0.05) is 12.1 Å². The van der Waals surface area contributed by atoms with E-state index in [2.05, 4.69) is 37.9 Å². The Morgan fingerprint density at radius 2 is 2.10 bits per heavy atom. The van der Waals surface area contributed by atoms with E-state index in [4.69, 9.17) is 4.74 Å². The van der Waals surface area contributed by atoms with E-state index < -0.39 is 0 Å². The molecule has 3 rings (SSSR count). The summed E-state index contributed by atoms with van der Waals surface area (Å²) < 4.78 is 7.03. The molecule has 0 fully saturated rings. The fraction of sp³-hybridized carbons (Fsp3) is 0.143. The van der Waals surface area contributed by atoms with Gasteiger partial charge in [0.05, 0.1) is 8.96 Å². The van der Waals surface area contributed by atoms with Crippen LogP contribution in [0.25, 0.3) is 10.2 Å². The van der Waals surface area contributed by atoms with Crippen LogP contribution in [0.2, 0.25) is 0 Å². The SMILES string of the molecule is CCNc1nc(Oc2ccccc2I)c2ccsc2n1. The molecule has 0 aliphatic heterocycles. The molecule has 2 heterocycles. The molecule has 4 nitrogen and oxygen atoms in total. The minimum absolute atomic E-state index is 0.594. The molecule has 0 bridgehead atoms. The van der Waals surface area contributed by atoms with E-state index in [1.807, 2.05) is 42.6 Å². The number of anilines is 1. The minimum atomic E-state index is 0.594. The van der Waals surface area contributed by atoms with E-state index in [1.165, 1.54) is 0 Å². The van der Waals surface area contributed by atoms with Gasteiger partial charge in [0.1, 0.15) is 10.6 Å². The number of halogens is 1. The van der Waals surface area contributed by atoms with Gasteiger partial charge in [0.15, 0.2) is 0 Å². The molecule has 0 radical (unpaired) electrons. The van der Waals surface area contributed by atoms with Crippen molar-refractivity contribution in [3.05, 3.63) is 39.3 Å². The molecule has 1 N–H and O–H groups in total. The maximum absolute atomic E-state index is 5.98. The number of benzene rings is 1. The Morgan fingerprint density at radius 3 is 2.90 bits per heavy atom. The first-order valence-corrected chi connectivity index (χ1v) is 8.15. The van der Waals surface area contributed by atoms with Crippen molar-refractivity contribution in [3.8, 4) is 11.6 Å². The second-order valence-electron chi connectivity index (χ2n) is 4.05. The van der Waals surface area contributed by atoms with Crippen LogP contribution >= 0.6 is 33.9 Å². The summed E-state index contributed by atoms with van der Waals surface area (Å²) in [5.41, 5.74) is 0. The molecule has 2 aromatic heterocycles. The molecule has 0 atom stereocenters. The molecule has 0 aliphatic rings. The van der Waals surface area contributed by atoms with Crippen molar-refractivity contribution in [2.24, 2.45) is 0 Å². The molecule has 1 aromatic carbocycles. The lowest BCUT2D eigenvalue weighted by Crippen LogP contribution is -2.03. The van der Waals surface area contributed by atoms with Crippen LogP contribution in [0.4, 0.5) is 5.95 Å². The Kier molecular flexibility index (Phi) is 4.02. The summed E-state index contributed by atoms with van der Waals surface area (Å²) in [7, 11) is 0. The Balaban J connectivity index is 2.05. The van der Waals surface area contributed by atoms with Gasteiger partial charge in [0, 0.05) is 6.54 Å². The van der Waals surface area contributed by atoms with Crippen molar-refractivity contribution in [2.45, 2.75) is 6.92 Å². The van der Waals surface area contributed by atoms with E-state index in [0.717, 1.165) is 26.1 Å². The third-order valence-corrected chi connectivity index (χ3v) is 4.37. The number of hydrogen-bond acceptors (Lipinski definition) is 5. The number of ether oxygens (including phenoxy) is 1. The smallest absolute Gasteiger partial charge is 0.232 e. The average Bonchev–Trinajstić information content (AvgIpc) is 2.90.